The van der Waals surface area contributed by atoms with Crippen LogP contribution in [0.3, 0.4) is 0 Å². The summed E-state index contributed by atoms with van der Waals surface area (Å²) in [6, 6.07) is 6.80. The zero-order chi connectivity index (χ0) is 18.5. The highest BCUT2D eigenvalue weighted by Gasteiger charge is 2.28. The van der Waals surface area contributed by atoms with E-state index in [1.54, 1.807) is 19.1 Å². The third-order valence-corrected chi connectivity index (χ3v) is 4.97. The first-order chi connectivity index (χ1) is 12.5. The van der Waals surface area contributed by atoms with Gasteiger partial charge in [0.2, 0.25) is 11.9 Å². The molecule has 2 aromatic rings. The highest BCUT2D eigenvalue weighted by molar-refractivity contribution is 5.33. The maximum atomic E-state index is 13.9. The topological polar surface area (TPSA) is 76.7 Å². The van der Waals surface area contributed by atoms with Crippen LogP contribution < -0.4 is 11.1 Å². The number of alkyl halides is 1. The molecule has 3 N–H and O–H groups in total. The molecule has 0 saturated heterocycles. The van der Waals surface area contributed by atoms with Crippen molar-refractivity contribution in [1.29, 1.82) is 0 Å². The summed E-state index contributed by atoms with van der Waals surface area (Å²) in [5.74, 6) is 0.697. The molecule has 1 aromatic heterocycles. The number of nitrogens with two attached hydrogens (primary N) is 1. The number of hydrogen-bond acceptors (Lipinski definition) is 5. The number of anilines is 2. The zero-order valence-corrected chi connectivity index (χ0v) is 15.0. The summed E-state index contributed by atoms with van der Waals surface area (Å²) >= 11 is 0. The summed E-state index contributed by atoms with van der Waals surface area (Å²) in [6.45, 7) is 1.73. The van der Waals surface area contributed by atoms with Gasteiger partial charge in [-0.1, -0.05) is 25.5 Å². The Morgan fingerprint density at radius 2 is 2.08 bits per heavy atom. The summed E-state index contributed by atoms with van der Waals surface area (Å²) in [7, 11) is 0. The van der Waals surface area contributed by atoms with Crippen LogP contribution in [-0.2, 0) is 6.42 Å². The van der Waals surface area contributed by atoms with Crippen molar-refractivity contribution in [3.63, 3.8) is 0 Å². The van der Waals surface area contributed by atoms with E-state index in [4.69, 9.17) is 5.73 Å². The van der Waals surface area contributed by atoms with Crippen LogP contribution >= 0.6 is 0 Å². The van der Waals surface area contributed by atoms with Crippen molar-refractivity contribution >= 4 is 11.9 Å². The summed E-state index contributed by atoms with van der Waals surface area (Å²) in [6.07, 6.45) is 4.08. The predicted octanol–water partition coefficient (Wildman–Crippen LogP) is 4.23. The minimum Gasteiger partial charge on any atom is -0.368 e. The third kappa shape index (κ3) is 4.65. The molecule has 7 heteroatoms. The quantitative estimate of drug-likeness (QED) is 0.736. The molecule has 1 unspecified atom stereocenters. The number of hydrogen-bond donors (Lipinski definition) is 2. The van der Waals surface area contributed by atoms with Gasteiger partial charge in [0.25, 0.3) is 0 Å². The van der Waals surface area contributed by atoms with Gasteiger partial charge in [-0.15, -0.1) is 0 Å². The number of nitrogens with zero attached hydrogens (tertiary/aromatic N) is 3. The van der Waals surface area contributed by atoms with E-state index in [0.29, 0.717) is 11.9 Å². The lowest BCUT2D eigenvalue weighted by molar-refractivity contribution is 0.265. The molecule has 0 bridgehead atoms. The smallest absolute Gasteiger partial charge is 0.228 e. The fourth-order valence-corrected chi connectivity index (χ4v) is 3.24. The number of aryl methyl sites for hydroxylation is 1. The monoisotopic (exact) mass is 361 g/mol. The lowest BCUT2D eigenvalue weighted by Gasteiger charge is -2.34. The molecule has 1 heterocycles. The van der Waals surface area contributed by atoms with Crippen LogP contribution in [0, 0.1) is 11.7 Å². The molecule has 140 valence electrons. The number of nitrogens with one attached hydrogen (secondary N) is 1. The van der Waals surface area contributed by atoms with Gasteiger partial charge in [0.05, 0.1) is 0 Å². The minimum absolute atomic E-state index is 0.0195. The van der Waals surface area contributed by atoms with Gasteiger partial charge in [0, 0.05) is 6.04 Å². The van der Waals surface area contributed by atoms with Crippen molar-refractivity contribution in [3.8, 4) is 0 Å². The largest absolute Gasteiger partial charge is 0.368 e. The Labute approximate surface area is 152 Å². The number of benzene rings is 1. The Morgan fingerprint density at radius 1 is 1.27 bits per heavy atom. The number of halogens is 2. The van der Waals surface area contributed by atoms with Gasteiger partial charge in [-0.25, -0.2) is 8.78 Å². The van der Waals surface area contributed by atoms with Crippen LogP contribution in [0.4, 0.5) is 20.7 Å². The van der Waals surface area contributed by atoms with Crippen molar-refractivity contribution in [1.82, 2.24) is 15.0 Å². The molecule has 1 fully saturated rings. The molecule has 1 aromatic carbocycles. The number of nitrogen functional groups attached to an aromatic ring is 1. The van der Waals surface area contributed by atoms with Gasteiger partial charge in [-0.3, -0.25) is 0 Å². The van der Waals surface area contributed by atoms with Crippen LogP contribution in [0.2, 0.25) is 0 Å². The predicted molar refractivity (Wildman–Crippen MR) is 97.9 cm³/mol. The molecule has 3 rings (SSSR count). The molecule has 26 heavy (non-hydrogen) atoms. The Morgan fingerprint density at radius 3 is 2.73 bits per heavy atom. The molecular formula is C19H25F2N5. The fraction of sp³-hybridized carbons (Fsp3) is 0.526. The molecule has 1 aliphatic carbocycles. The van der Waals surface area contributed by atoms with E-state index in [1.807, 2.05) is 6.07 Å². The molecule has 0 spiro atoms. The van der Waals surface area contributed by atoms with E-state index in [-0.39, 0.29) is 30.1 Å². The van der Waals surface area contributed by atoms with E-state index in [9.17, 15) is 8.78 Å². The van der Waals surface area contributed by atoms with Gasteiger partial charge >= 0.3 is 0 Å². The Hall–Kier alpha value is -2.31. The highest BCUT2D eigenvalue weighted by atomic mass is 19.1. The average Bonchev–Trinajstić information content (AvgIpc) is 2.57. The van der Waals surface area contributed by atoms with E-state index in [2.05, 4.69) is 20.3 Å². The molecule has 2 atom stereocenters. The lowest BCUT2D eigenvalue weighted by Crippen LogP contribution is -2.35. The van der Waals surface area contributed by atoms with Crippen LogP contribution in [0.25, 0.3) is 0 Å². The second kappa shape index (κ2) is 8.38. The minimum atomic E-state index is -1.25. The maximum absolute atomic E-state index is 13.9. The summed E-state index contributed by atoms with van der Waals surface area (Å²) < 4.78 is 27.3. The maximum Gasteiger partial charge on any atom is 0.228 e. The van der Waals surface area contributed by atoms with Crippen LogP contribution in [0.5, 0.6) is 0 Å². The average molecular weight is 361 g/mol. The normalized spacial score (nSPS) is 16.7. The lowest BCUT2D eigenvalue weighted by atomic mass is 9.78. The molecule has 5 nitrogen and oxygen atoms in total. The Bertz CT molecular complexity index is 736. The van der Waals surface area contributed by atoms with Gasteiger partial charge < -0.3 is 11.1 Å². The number of rotatable bonds is 8. The van der Waals surface area contributed by atoms with Crippen molar-refractivity contribution in [2.45, 2.75) is 57.7 Å². The summed E-state index contributed by atoms with van der Waals surface area (Å²) in [5, 5.41) is 3.32. The first kappa shape index (κ1) is 18.5. The Balaban J connectivity index is 1.71. The Kier molecular flexibility index (Phi) is 5.96. The molecule has 1 aliphatic rings. The number of aromatic nitrogens is 3. The van der Waals surface area contributed by atoms with Crippen molar-refractivity contribution in [2.75, 3.05) is 11.1 Å². The van der Waals surface area contributed by atoms with Crippen LogP contribution in [0.1, 0.15) is 56.6 Å². The van der Waals surface area contributed by atoms with Gasteiger partial charge in [-0.2, -0.15) is 15.0 Å². The van der Waals surface area contributed by atoms with Crippen LogP contribution in [0.15, 0.2) is 24.3 Å². The van der Waals surface area contributed by atoms with Crippen molar-refractivity contribution in [3.05, 3.63) is 41.5 Å². The van der Waals surface area contributed by atoms with E-state index in [0.717, 1.165) is 31.2 Å². The van der Waals surface area contributed by atoms with E-state index in [1.165, 1.54) is 12.5 Å². The third-order valence-electron chi connectivity index (χ3n) is 4.97. The zero-order valence-electron chi connectivity index (χ0n) is 15.0. The van der Waals surface area contributed by atoms with Gasteiger partial charge in [0.15, 0.2) is 12.0 Å². The second-order valence-corrected chi connectivity index (χ2v) is 6.86. The molecule has 0 amide bonds. The summed E-state index contributed by atoms with van der Waals surface area (Å²) in [4.78, 5) is 12.2. The fourth-order valence-electron chi connectivity index (χ4n) is 3.24. The van der Waals surface area contributed by atoms with Crippen LogP contribution in [-0.4, -0.2) is 21.0 Å². The molecule has 0 radical (unpaired) electrons. The second-order valence-electron chi connectivity index (χ2n) is 6.86. The van der Waals surface area contributed by atoms with E-state index >= 15 is 0 Å². The van der Waals surface area contributed by atoms with Crippen molar-refractivity contribution < 1.29 is 8.78 Å². The SMILES string of the molecule is CCC(F)c1nc(N)nc(N[C@@H](CCc2cccc(F)c2)C2CCC2)n1. The first-order valence-corrected chi connectivity index (χ1v) is 9.21. The first-order valence-electron chi connectivity index (χ1n) is 9.21. The molecular weight excluding hydrogens is 336 g/mol. The van der Waals surface area contributed by atoms with Gasteiger partial charge in [-0.05, 0) is 55.7 Å². The molecule has 1 saturated carbocycles. The highest BCUT2D eigenvalue weighted by Crippen LogP contribution is 2.33. The molecule has 0 aliphatic heterocycles. The summed E-state index contributed by atoms with van der Waals surface area (Å²) in [5.41, 5.74) is 6.68. The van der Waals surface area contributed by atoms with Crippen molar-refractivity contribution in [2.24, 2.45) is 5.92 Å². The standard InChI is InChI=1S/C19H25F2N5/c1-2-15(21)17-24-18(22)26-19(25-17)23-16(13-6-4-7-13)10-9-12-5-3-8-14(20)11-12/h3,5,8,11,13,15-16H,2,4,6-7,9-10H2,1H3,(H3,22,23,24,25,26)/t15?,16-/m0/s1. The van der Waals surface area contributed by atoms with Gasteiger partial charge in [0.1, 0.15) is 5.82 Å². The van der Waals surface area contributed by atoms with E-state index < -0.39 is 6.17 Å².